The van der Waals surface area contributed by atoms with Crippen LogP contribution in [0.5, 0.6) is 11.6 Å². The SMILES string of the molecule is CN(C)C(=O)C1CN=C(Nc2ccc(Oc3cccc(C(N)=O)n3)cc2)N(Cc2ccc(Cl)cc2)C1=O. The van der Waals surface area contributed by atoms with Gasteiger partial charge in [0, 0.05) is 30.9 Å². The fourth-order valence-corrected chi connectivity index (χ4v) is 3.75. The average Bonchev–Trinajstić information content (AvgIpc) is 2.88. The molecule has 1 aliphatic heterocycles. The number of aromatic nitrogens is 1. The lowest BCUT2D eigenvalue weighted by atomic mass is 10.0. The van der Waals surface area contributed by atoms with Crippen LogP contribution in [-0.2, 0) is 16.1 Å². The van der Waals surface area contributed by atoms with Crippen molar-refractivity contribution < 1.29 is 19.1 Å². The van der Waals surface area contributed by atoms with Crippen LogP contribution < -0.4 is 15.8 Å². The number of nitrogens with one attached hydrogen (secondary N) is 1. The van der Waals surface area contributed by atoms with E-state index in [1.165, 1.54) is 15.9 Å². The quantitative estimate of drug-likeness (QED) is 0.460. The minimum atomic E-state index is -0.896. The molecule has 0 saturated heterocycles. The van der Waals surface area contributed by atoms with Crippen molar-refractivity contribution >= 4 is 41.0 Å². The molecule has 37 heavy (non-hydrogen) atoms. The van der Waals surface area contributed by atoms with Gasteiger partial charge in [-0.2, -0.15) is 0 Å². The molecular weight excluding hydrogens is 496 g/mol. The van der Waals surface area contributed by atoms with Crippen molar-refractivity contribution in [1.29, 1.82) is 0 Å². The number of anilines is 1. The topological polar surface area (TPSA) is 130 Å². The Labute approximate surface area is 218 Å². The Morgan fingerprint density at radius 1 is 1.11 bits per heavy atom. The lowest BCUT2D eigenvalue weighted by Gasteiger charge is -2.32. The van der Waals surface area contributed by atoms with Gasteiger partial charge in [-0.05, 0) is 48.0 Å². The van der Waals surface area contributed by atoms with Gasteiger partial charge in [0.05, 0.1) is 13.1 Å². The number of benzene rings is 2. The molecule has 2 heterocycles. The van der Waals surface area contributed by atoms with Crippen LogP contribution in [0.15, 0.2) is 71.7 Å². The van der Waals surface area contributed by atoms with Crippen molar-refractivity contribution in [2.45, 2.75) is 6.54 Å². The Morgan fingerprint density at radius 3 is 2.46 bits per heavy atom. The molecule has 0 bridgehead atoms. The van der Waals surface area contributed by atoms with Crippen LogP contribution in [-0.4, -0.2) is 59.1 Å². The van der Waals surface area contributed by atoms with Gasteiger partial charge in [0.25, 0.3) is 5.91 Å². The average molecular weight is 521 g/mol. The number of carbonyl (C=O) groups is 3. The maximum atomic E-state index is 13.3. The van der Waals surface area contributed by atoms with Crippen LogP contribution in [0.4, 0.5) is 5.69 Å². The predicted molar refractivity (Wildman–Crippen MR) is 139 cm³/mol. The lowest BCUT2D eigenvalue weighted by Crippen LogP contribution is -2.52. The molecule has 10 nitrogen and oxygen atoms in total. The summed E-state index contributed by atoms with van der Waals surface area (Å²) >= 11 is 6.00. The molecule has 1 unspecified atom stereocenters. The Kier molecular flexibility index (Phi) is 7.69. The zero-order valence-corrected chi connectivity index (χ0v) is 21.0. The van der Waals surface area contributed by atoms with Gasteiger partial charge in [0.15, 0.2) is 0 Å². The number of hydrogen-bond acceptors (Lipinski definition) is 7. The van der Waals surface area contributed by atoms with E-state index in [-0.39, 0.29) is 36.5 Å². The molecule has 190 valence electrons. The highest BCUT2D eigenvalue weighted by molar-refractivity contribution is 6.30. The van der Waals surface area contributed by atoms with E-state index in [1.54, 1.807) is 62.6 Å². The molecule has 3 N–H and O–H groups in total. The third-order valence-electron chi connectivity index (χ3n) is 5.55. The summed E-state index contributed by atoms with van der Waals surface area (Å²) in [4.78, 5) is 48.7. The second-order valence-corrected chi connectivity index (χ2v) is 8.91. The second-order valence-electron chi connectivity index (χ2n) is 8.48. The van der Waals surface area contributed by atoms with E-state index in [1.807, 2.05) is 12.1 Å². The number of halogens is 1. The smallest absolute Gasteiger partial charge is 0.267 e. The van der Waals surface area contributed by atoms with Crippen LogP contribution in [0, 0.1) is 5.92 Å². The van der Waals surface area contributed by atoms with Crippen LogP contribution in [0.25, 0.3) is 0 Å². The summed E-state index contributed by atoms with van der Waals surface area (Å²) in [6.07, 6.45) is 0. The first-order valence-electron chi connectivity index (χ1n) is 11.3. The fourth-order valence-electron chi connectivity index (χ4n) is 3.63. The van der Waals surface area contributed by atoms with Crippen LogP contribution in [0.3, 0.4) is 0 Å². The lowest BCUT2D eigenvalue weighted by molar-refractivity contribution is -0.144. The standard InChI is InChI=1S/C26H25ClN6O4/c1-32(2)24(35)20-14-29-26(33(25(20)36)15-16-6-8-17(27)9-7-16)30-18-10-12-19(13-11-18)37-22-5-3-4-21(31-22)23(28)34/h3-13,20H,14-15H2,1-2H3,(H2,28,34)(H,29,30). The number of aliphatic imine (C=N–C) groups is 1. The summed E-state index contributed by atoms with van der Waals surface area (Å²) in [7, 11) is 3.22. The number of nitrogens with two attached hydrogens (primary N) is 1. The Bertz CT molecular complexity index is 1340. The van der Waals surface area contributed by atoms with E-state index in [2.05, 4.69) is 15.3 Å². The number of nitrogens with zero attached hydrogens (tertiary/aromatic N) is 4. The third-order valence-corrected chi connectivity index (χ3v) is 5.80. The molecule has 0 radical (unpaired) electrons. The number of pyridine rings is 1. The highest BCUT2D eigenvalue weighted by Crippen LogP contribution is 2.24. The number of rotatable bonds is 7. The van der Waals surface area contributed by atoms with Gasteiger partial charge < -0.3 is 20.7 Å². The zero-order valence-electron chi connectivity index (χ0n) is 20.2. The monoisotopic (exact) mass is 520 g/mol. The van der Waals surface area contributed by atoms with Crippen molar-refractivity contribution in [2.24, 2.45) is 16.6 Å². The molecule has 4 rings (SSSR count). The molecule has 0 fully saturated rings. The van der Waals surface area contributed by atoms with Crippen molar-refractivity contribution in [3.63, 3.8) is 0 Å². The number of guanidine groups is 1. The molecule has 1 atom stereocenters. The number of primary amides is 1. The molecular formula is C26H25ClN6O4. The Balaban J connectivity index is 1.53. The zero-order chi connectivity index (χ0) is 26.5. The van der Waals surface area contributed by atoms with Crippen LogP contribution in [0.2, 0.25) is 5.02 Å². The van der Waals surface area contributed by atoms with E-state index in [0.717, 1.165) is 5.56 Å². The number of hydrogen-bond donors (Lipinski definition) is 2. The van der Waals surface area contributed by atoms with Crippen LogP contribution in [0.1, 0.15) is 16.1 Å². The van der Waals surface area contributed by atoms with E-state index in [9.17, 15) is 14.4 Å². The predicted octanol–water partition coefficient (Wildman–Crippen LogP) is 3.14. The largest absolute Gasteiger partial charge is 0.439 e. The van der Waals surface area contributed by atoms with Crippen molar-refractivity contribution in [3.05, 3.63) is 83.0 Å². The minimum absolute atomic E-state index is 0.0400. The summed E-state index contributed by atoms with van der Waals surface area (Å²) in [5, 5.41) is 3.75. The maximum Gasteiger partial charge on any atom is 0.267 e. The summed E-state index contributed by atoms with van der Waals surface area (Å²) in [6, 6.07) is 18.8. The first-order valence-corrected chi connectivity index (χ1v) is 11.7. The second kappa shape index (κ2) is 11.1. The molecule has 1 aliphatic rings. The maximum absolute atomic E-state index is 13.3. The Hall–Kier alpha value is -4.44. The van der Waals surface area contributed by atoms with Gasteiger partial charge >= 0.3 is 0 Å². The van der Waals surface area contributed by atoms with Gasteiger partial charge in [-0.25, -0.2) is 4.98 Å². The van der Waals surface area contributed by atoms with Gasteiger partial charge in [0.1, 0.15) is 17.4 Å². The Morgan fingerprint density at radius 2 is 1.81 bits per heavy atom. The first-order chi connectivity index (χ1) is 17.7. The highest BCUT2D eigenvalue weighted by atomic mass is 35.5. The molecule has 0 spiro atoms. The van der Waals surface area contributed by atoms with E-state index in [4.69, 9.17) is 22.1 Å². The molecule has 0 saturated carbocycles. The van der Waals surface area contributed by atoms with Gasteiger partial charge in [-0.1, -0.05) is 29.8 Å². The number of carbonyl (C=O) groups excluding carboxylic acids is 3. The van der Waals surface area contributed by atoms with Crippen molar-refractivity contribution in [1.82, 2.24) is 14.8 Å². The first kappa shape index (κ1) is 25.6. The molecule has 3 amide bonds. The number of amides is 3. The highest BCUT2D eigenvalue weighted by Gasteiger charge is 2.37. The molecule has 3 aromatic rings. The number of ether oxygens (including phenoxy) is 1. The summed E-state index contributed by atoms with van der Waals surface area (Å²) in [5.41, 5.74) is 6.85. The summed E-state index contributed by atoms with van der Waals surface area (Å²) in [6.45, 7) is 0.250. The van der Waals surface area contributed by atoms with Gasteiger partial charge in [-0.3, -0.25) is 24.3 Å². The molecule has 0 aliphatic carbocycles. The van der Waals surface area contributed by atoms with E-state index < -0.39 is 11.8 Å². The summed E-state index contributed by atoms with van der Waals surface area (Å²) < 4.78 is 5.71. The molecule has 11 heteroatoms. The molecule has 1 aromatic heterocycles. The normalized spacial score (nSPS) is 15.1. The fraction of sp³-hybridized carbons (Fsp3) is 0.192. The molecule has 2 aromatic carbocycles. The van der Waals surface area contributed by atoms with Crippen molar-refractivity contribution in [3.8, 4) is 11.6 Å². The van der Waals surface area contributed by atoms with Gasteiger partial charge in [0.2, 0.25) is 23.7 Å². The third kappa shape index (κ3) is 6.22. The summed E-state index contributed by atoms with van der Waals surface area (Å²) in [5.74, 6) is -1.15. The van der Waals surface area contributed by atoms with E-state index >= 15 is 0 Å². The van der Waals surface area contributed by atoms with Crippen molar-refractivity contribution in [2.75, 3.05) is 26.0 Å². The van der Waals surface area contributed by atoms with Crippen LogP contribution >= 0.6 is 11.6 Å². The van der Waals surface area contributed by atoms with E-state index in [0.29, 0.717) is 22.4 Å². The van der Waals surface area contributed by atoms with Gasteiger partial charge in [-0.15, -0.1) is 0 Å². The minimum Gasteiger partial charge on any atom is -0.439 e.